The highest BCUT2D eigenvalue weighted by atomic mass is 32.2. The zero-order valence-electron chi connectivity index (χ0n) is 12.9. The molecule has 2 rings (SSSR count). The average molecular weight is 336 g/mol. The average Bonchev–Trinajstić information content (AvgIpc) is 2.49. The number of carbonyl (C=O) groups is 1. The minimum atomic E-state index is -4.01. The van der Waals surface area contributed by atoms with Crippen molar-refractivity contribution in [3.8, 4) is 5.75 Å². The summed E-state index contributed by atoms with van der Waals surface area (Å²) >= 11 is 0. The summed E-state index contributed by atoms with van der Waals surface area (Å²) in [6.45, 7) is 3.01. The van der Waals surface area contributed by atoms with E-state index in [9.17, 15) is 17.6 Å². The van der Waals surface area contributed by atoms with Crippen LogP contribution in [0.15, 0.2) is 47.4 Å². The molecule has 0 bridgehead atoms. The number of Topliss-reactive ketones (excluding diaryl/α,β-unsaturated/α-hetero) is 1. The number of aryl methyl sites for hydroxylation is 2. The van der Waals surface area contributed by atoms with Gasteiger partial charge in [0.2, 0.25) is 0 Å². The Hall–Kier alpha value is -2.21. The van der Waals surface area contributed by atoms with Crippen molar-refractivity contribution in [3.63, 3.8) is 0 Å². The van der Waals surface area contributed by atoms with Crippen LogP contribution in [-0.2, 0) is 21.3 Å². The first-order valence-corrected chi connectivity index (χ1v) is 8.48. The number of benzene rings is 2. The lowest BCUT2D eigenvalue weighted by Gasteiger charge is -2.08. The second kappa shape index (κ2) is 6.91. The molecule has 0 amide bonds. The van der Waals surface area contributed by atoms with E-state index >= 15 is 0 Å². The summed E-state index contributed by atoms with van der Waals surface area (Å²) in [7, 11) is -4.01. The summed E-state index contributed by atoms with van der Waals surface area (Å²) in [5.74, 6) is -0.211. The van der Waals surface area contributed by atoms with Crippen LogP contribution >= 0.6 is 0 Å². The molecule has 2 aromatic rings. The number of hydrogen-bond acceptors (Lipinski definition) is 4. The molecule has 2 aromatic carbocycles. The lowest BCUT2D eigenvalue weighted by Crippen LogP contribution is -2.10. The van der Waals surface area contributed by atoms with E-state index in [0.717, 1.165) is 11.6 Å². The summed E-state index contributed by atoms with van der Waals surface area (Å²) in [6, 6.07) is 9.97. The first-order valence-electron chi connectivity index (χ1n) is 7.07. The molecular weight excluding hydrogens is 319 g/mol. The van der Waals surface area contributed by atoms with Crippen LogP contribution in [0.25, 0.3) is 0 Å². The van der Waals surface area contributed by atoms with E-state index in [1.165, 1.54) is 38.1 Å². The SMILES string of the molecule is CC(=O)CCc1ccc(OS(=O)(=O)c2ccc(F)c(C)c2)cc1. The number of ketones is 1. The molecule has 0 aliphatic heterocycles. The fourth-order valence-electron chi connectivity index (χ4n) is 1.98. The molecular formula is C17H17FO4S. The summed E-state index contributed by atoms with van der Waals surface area (Å²) < 4.78 is 42.6. The van der Waals surface area contributed by atoms with Gasteiger partial charge in [0, 0.05) is 6.42 Å². The molecule has 0 heterocycles. The number of hydrogen-bond donors (Lipinski definition) is 0. The molecule has 23 heavy (non-hydrogen) atoms. The number of rotatable bonds is 6. The van der Waals surface area contributed by atoms with Gasteiger partial charge in [-0.15, -0.1) is 0 Å². The van der Waals surface area contributed by atoms with Crippen LogP contribution < -0.4 is 4.18 Å². The van der Waals surface area contributed by atoms with Crippen molar-refractivity contribution in [1.29, 1.82) is 0 Å². The molecule has 0 radical (unpaired) electrons. The highest BCUT2D eigenvalue weighted by molar-refractivity contribution is 7.87. The van der Waals surface area contributed by atoms with E-state index < -0.39 is 15.9 Å². The van der Waals surface area contributed by atoms with Crippen molar-refractivity contribution in [3.05, 3.63) is 59.4 Å². The van der Waals surface area contributed by atoms with Crippen LogP contribution in [0.5, 0.6) is 5.75 Å². The van der Waals surface area contributed by atoms with Gasteiger partial charge >= 0.3 is 10.1 Å². The van der Waals surface area contributed by atoms with E-state index in [0.29, 0.717) is 12.8 Å². The van der Waals surface area contributed by atoms with Crippen LogP contribution in [0.2, 0.25) is 0 Å². The van der Waals surface area contributed by atoms with Crippen molar-refractivity contribution in [1.82, 2.24) is 0 Å². The molecule has 0 fully saturated rings. The molecule has 0 unspecified atom stereocenters. The van der Waals surface area contributed by atoms with Crippen molar-refractivity contribution < 1.29 is 21.8 Å². The maximum absolute atomic E-state index is 13.2. The number of carbonyl (C=O) groups excluding carboxylic acids is 1. The van der Waals surface area contributed by atoms with Crippen LogP contribution in [-0.4, -0.2) is 14.2 Å². The van der Waals surface area contributed by atoms with E-state index in [4.69, 9.17) is 4.18 Å². The highest BCUT2D eigenvalue weighted by Gasteiger charge is 2.17. The standard InChI is InChI=1S/C17H17FO4S/c1-12-11-16(9-10-17(12)18)23(20,21)22-15-7-5-14(6-8-15)4-3-13(2)19/h5-11H,3-4H2,1-2H3. The third-order valence-corrected chi connectivity index (χ3v) is 4.56. The fourth-order valence-corrected chi connectivity index (χ4v) is 3.00. The van der Waals surface area contributed by atoms with Gasteiger partial charge in [0.05, 0.1) is 0 Å². The topological polar surface area (TPSA) is 60.4 Å². The third-order valence-electron chi connectivity index (χ3n) is 3.31. The molecule has 0 aliphatic carbocycles. The fraction of sp³-hybridized carbons (Fsp3) is 0.235. The molecule has 0 aliphatic rings. The predicted molar refractivity (Wildman–Crippen MR) is 84.4 cm³/mol. The van der Waals surface area contributed by atoms with Crippen molar-refractivity contribution in [2.75, 3.05) is 0 Å². The van der Waals surface area contributed by atoms with E-state index in [1.807, 2.05) is 0 Å². The van der Waals surface area contributed by atoms with Crippen molar-refractivity contribution in [2.24, 2.45) is 0 Å². The summed E-state index contributed by atoms with van der Waals surface area (Å²) in [6.07, 6.45) is 1.03. The van der Waals surface area contributed by atoms with E-state index in [-0.39, 0.29) is 22.0 Å². The van der Waals surface area contributed by atoms with Crippen LogP contribution in [0.4, 0.5) is 4.39 Å². The molecule has 4 nitrogen and oxygen atoms in total. The van der Waals surface area contributed by atoms with Gasteiger partial charge in [0.25, 0.3) is 0 Å². The zero-order chi connectivity index (χ0) is 17.0. The molecule has 0 spiro atoms. The summed E-state index contributed by atoms with van der Waals surface area (Å²) in [4.78, 5) is 10.8. The Bertz CT molecular complexity index is 811. The quantitative estimate of drug-likeness (QED) is 0.758. The molecule has 0 saturated heterocycles. The third kappa shape index (κ3) is 4.63. The Kier molecular flexibility index (Phi) is 5.15. The van der Waals surface area contributed by atoms with Crippen molar-refractivity contribution >= 4 is 15.9 Å². The minimum absolute atomic E-state index is 0.0968. The second-order valence-electron chi connectivity index (χ2n) is 5.29. The molecule has 0 saturated carbocycles. The van der Waals surface area contributed by atoms with Gasteiger partial charge in [-0.2, -0.15) is 8.42 Å². The molecule has 0 atom stereocenters. The first-order chi connectivity index (χ1) is 10.8. The Morgan fingerprint density at radius 2 is 1.78 bits per heavy atom. The van der Waals surface area contributed by atoms with Crippen LogP contribution in [0, 0.1) is 12.7 Å². The van der Waals surface area contributed by atoms with E-state index in [2.05, 4.69) is 0 Å². The second-order valence-corrected chi connectivity index (χ2v) is 6.84. The van der Waals surface area contributed by atoms with Gasteiger partial charge < -0.3 is 8.98 Å². The Balaban J connectivity index is 2.13. The van der Waals surface area contributed by atoms with Gasteiger partial charge in [0.15, 0.2) is 0 Å². The molecule has 6 heteroatoms. The normalized spacial score (nSPS) is 11.3. The van der Waals surface area contributed by atoms with Gasteiger partial charge in [-0.25, -0.2) is 4.39 Å². The lowest BCUT2D eigenvalue weighted by molar-refractivity contribution is -0.116. The minimum Gasteiger partial charge on any atom is -0.379 e. The van der Waals surface area contributed by atoms with Crippen LogP contribution in [0.1, 0.15) is 24.5 Å². The first kappa shape index (κ1) is 17.1. The van der Waals surface area contributed by atoms with Gasteiger partial charge in [-0.05, 0) is 61.7 Å². The zero-order valence-corrected chi connectivity index (χ0v) is 13.7. The Morgan fingerprint density at radius 3 is 2.35 bits per heavy atom. The van der Waals surface area contributed by atoms with E-state index in [1.54, 1.807) is 12.1 Å². The maximum Gasteiger partial charge on any atom is 0.339 e. The predicted octanol–water partition coefficient (Wildman–Crippen LogP) is 3.42. The van der Waals surface area contributed by atoms with Gasteiger partial charge in [-0.3, -0.25) is 0 Å². The smallest absolute Gasteiger partial charge is 0.339 e. The Labute approximate surface area is 135 Å². The maximum atomic E-state index is 13.2. The van der Waals surface area contributed by atoms with Gasteiger partial charge in [0.1, 0.15) is 22.2 Å². The monoisotopic (exact) mass is 336 g/mol. The lowest BCUT2D eigenvalue weighted by atomic mass is 10.1. The van der Waals surface area contributed by atoms with Gasteiger partial charge in [-0.1, -0.05) is 12.1 Å². The largest absolute Gasteiger partial charge is 0.379 e. The summed E-state index contributed by atoms with van der Waals surface area (Å²) in [5, 5.41) is 0. The number of halogens is 1. The highest BCUT2D eigenvalue weighted by Crippen LogP contribution is 2.21. The Morgan fingerprint density at radius 1 is 1.13 bits per heavy atom. The summed E-state index contributed by atoms with van der Waals surface area (Å²) in [5.41, 5.74) is 1.15. The molecule has 0 aromatic heterocycles. The van der Waals surface area contributed by atoms with Crippen molar-refractivity contribution in [2.45, 2.75) is 31.6 Å². The molecule has 122 valence electrons. The molecule has 0 N–H and O–H groups in total. The van der Waals surface area contributed by atoms with Crippen LogP contribution in [0.3, 0.4) is 0 Å².